The maximum absolute atomic E-state index is 12.0. The van der Waals surface area contributed by atoms with Crippen LogP contribution in [0.1, 0.15) is 6.92 Å². The van der Waals surface area contributed by atoms with E-state index in [1.54, 1.807) is 55.6 Å². The Morgan fingerprint density at radius 3 is 1.57 bits per heavy atom. The fourth-order valence-electron chi connectivity index (χ4n) is 2.25. The van der Waals surface area contributed by atoms with E-state index in [0.717, 1.165) is 0 Å². The van der Waals surface area contributed by atoms with Crippen LogP contribution < -0.4 is 20.7 Å². The molecule has 0 saturated heterocycles. The van der Waals surface area contributed by atoms with Gasteiger partial charge < -0.3 is 20.7 Å². The molecule has 0 bridgehead atoms. The molecule has 2 rings (SSSR count). The lowest BCUT2D eigenvalue weighted by molar-refractivity contribution is -0.115. The number of benzene rings is 2. The summed E-state index contributed by atoms with van der Waals surface area (Å²) >= 11 is 0. The summed E-state index contributed by atoms with van der Waals surface area (Å²) in [5, 5.41) is 7.83. The maximum atomic E-state index is 12.0. The predicted octanol–water partition coefficient (Wildman–Crippen LogP) is 1.98. The summed E-state index contributed by atoms with van der Waals surface area (Å²) in [6, 6.07) is 13.2. The lowest BCUT2D eigenvalue weighted by atomic mass is 10.3. The van der Waals surface area contributed by atoms with Crippen LogP contribution in [-0.2, 0) is 25.2 Å². The summed E-state index contributed by atoms with van der Waals surface area (Å²) in [6.07, 6.45) is 0. The summed E-state index contributed by atoms with van der Waals surface area (Å²) in [7, 11) is -0.111. The first-order valence-electron chi connectivity index (χ1n) is 8.32. The van der Waals surface area contributed by atoms with Crippen LogP contribution >= 0.6 is 0 Å². The van der Waals surface area contributed by atoms with Gasteiger partial charge in [0.2, 0.25) is 17.7 Å². The van der Waals surface area contributed by atoms with Crippen molar-refractivity contribution in [3.63, 3.8) is 0 Å². The molecule has 0 aromatic heterocycles. The number of hydrogen-bond acceptors (Lipinski definition) is 5. The SMILES string of the molecule is COc1ccc(NC(=O)C[S@@](=O)CC(=O)Nc2ccc(NC(C)=O)cc2)cc1. The fourth-order valence-corrected chi connectivity index (χ4v) is 3.08. The number of anilines is 3. The molecule has 2 aromatic carbocycles. The molecule has 0 saturated carbocycles. The van der Waals surface area contributed by atoms with Gasteiger partial charge in [-0.3, -0.25) is 18.6 Å². The van der Waals surface area contributed by atoms with Crippen LogP contribution in [-0.4, -0.2) is 40.5 Å². The minimum absolute atomic E-state index is 0.194. The van der Waals surface area contributed by atoms with Crippen LogP contribution in [0.15, 0.2) is 48.5 Å². The zero-order valence-corrected chi connectivity index (χ0v) is 16.3. The van der Waals surface area contributed by atoms with Crippen LogP contribution in [0.4, 0.5) is 17.1 Å². The number of carbonyl (C=O) groups excluding carboxylic acids is 3. The minimum atomic E-state index is -1.65. The van der Waals surface area contributed by atoms with Crippen molar-refractivity contribution in [2.75, 3.05) is 34.6 Å². The average Bonchev–Trinajstić information content (AvgIpc) is 2.63. The highest BCUT2D eigenvalue weighted by molar-refractivity contribution is 7.86. The van der Waals surface area contributed by atoms with Crippen molar-refractivity contribution in [3.05, 3.63) is 48.5 Å². The highest BCUT2D eigenvalue weighted by Gasteiger charge is 2.13. The van der Waals surface area contributed by atoms with Gasteiger partial charge in [0, 0.05) is 34.8 Å². The lowest BCUT2D eigenvalue weighted by Crippen LogP contribution is -2.26. The zero-order valence-electron chi connectivity index (χ0n) is 15.5. The molecule has 3 N–H and O–H groups in total. The number of nitrogens with one attached hydrogen (secondary N) is 3. The van der Waals surface area contributed by atoms with Gasteiger partial charge in [-0.2, -0.15) is 0 Å². The average molecular weight is 403 g/mol. The van der Waals surface area contributed by atoms with E-state index in [1.165, 1.54) is 6.92 Å². The number of hydrogen-bond donors (Lipinski definition) is 3. The largest absolute Gasteiger partial charge is 0.497 e. The molecule has 9 heteroatoms. The normalized spacial score (nSPS) is 11.2. The molecular weight excluding hydrogens is 382 g/mol. The van der Waals surface area contributed by atoms with Gasteiger partial charge in [-0.05, 0) is 48.5 Å². The first kappa shape index (κ1) is 21.1. The summed E-state index contributed by atoms with van der Waals surface area (Å²) < 4.78 is 17.1. The summed E-state index contributed by atoms with van der Waals surface area (Å²) in [5.74, 6) is -1.05. The molecule has 148 valence electrons. The van der Waals surface area contributed by atoms with E-state index < -0.39 is 22.6 Å². The van der Waals surface area contributed by atoms with Crippen LogP contribution in [0.2, 0.25) is 0 Å². The smallest absolute Gasteiger partial charge is 0.237 e. The predicted molar refractivity (Wildman–Crippen MR) is 109 cm³/mol. The summed E-state index contributed by atoms with van der Waals surface area (Å²) in [4.78, 5) is 34.9. The maximum Gasteiger partial charge on any atom is 0.237 e. The molecule has 0 fully saturated rings. The first-order valence-corrected chi connectivity index (χ1v) is 9.81. The second-order valence-electron chi connectivity index (χ2n) is 5.81. The molecule has 0 aliphatic rings. The van der Waals surface area contributed by atoms with Crippen molar-refractivity contribution >= 4 is 45.6 Å². The molecule has 1 atom stereocenters. The van der Waals surface area contributed by atoms with E-state index in [2.05, 4.69) is 16.0 Å². The lowest BCUT2D eigenvalue weighted by Gasteiger charge is -2.08. The van der Waals surface area contributed by atoms with Crippen molar-refractivity contribution in [2.24, 2.45) is 0 Å². The molecule has 0 radical (unpaired) electrons. The van der Waals surface area contributed by atoms with Crippen molar-refractivity contribution in [1.29, 1.82) is 0 Å². The van der Waals surface area contributed by atoms with E-state index >= 15 is 0 Å². The second kappa shape index (κ2) is 10.2. The number of ether oxygens (including phenoxy) is 1. The van der Waals surface area contributed by atoms with Crippen molar-refractivity contribution < 1.29 is 23.3 Å². The molecular formula is C19H21N3O5S. The summed E-state index contributed by atoms with van der Waals surface area (Å²) in [6.45, 7) is 1.40. The van der Waals surface area contributed by atoms with E-state index in [4.69, 9.17) is 4.74 Å². The Bertz CT molecular complexity index is 866. The molecule has 0 unspecified atom stereocenters. The molecule has 2 aromatic rings. The molecule has 0 aliphatic carbocycles. The Labute approximate surface area is 165 Å². The number of amides is 3. The highest BCUT2D eigenvalue weighted by Crippen LogP contribution is 2.15. The molecule has 0 spiro atoms. The van der Waals surface area contributed by atoms with Gasteiger partial charge in [0.25, 0.3) is 0 Å². The monoisotopic (exact) mass is 403 g/mol. The molecule has 3 amide bonds. The minimum Gasteiger partial charge on any atom is -0.497 e. The zero-order chi connectivity index (χ0) is 20.5. The van der Waals surface area contributed by atoms with Gasteiger partial charge in [0.05, 0.1) is 7.11 Å². The standard InChI is InChI=1S/C19H21N3O5S/c1-13(23)20-14-3-5-15(6-4-14)21-18(24)11-28(26)12-19(25)22-16-7-9-17(27-2)10-8-16/h3-10H,11-12H2,1-2H3,(H,20,23)(H,21,24)(H,22,25)/t28-/m0/s1. The Morgan fingerprint density at radius 2 is 1.18 bits per heavy atom. The highest BCUT2D eigenvalue weighted by atomic mass is 32.2. The van der Waals surface area contributed by atoms with E-state index in [-0.39, 0.29) is 17.4 Å². The topological polar surface area (TPSA) is 114 Å². The molecule has 8 nitrogen and oxygen atoms in total. The Balaban J connectivity index is 1.78. The molecule has 0 aliphatic heterocycles. The number of rotatable bonds is 8. The fraction of sp³-hybridized carbons (Fsp3) is 0.211. The van der Waals surface area contributed by atoms with Crippen molar-refractivity contribution in [1.82, 2.24) is 0 Å². The quantitative estimate of drug-likeness (QED) is 0.624. The Kier molecular flexibility index (Phi) is 7.70. The van der Waals surface area contributed by atoms with Gasteiger partial charge in [0.15, 0.2) is 0 Å². The third kappa shape index (κ3) is 7.20. The van der Waals surface area contributed by atoms with E-state index in [1.807, 2.05) is 0 Å². The van der Waals surface area contributed by atoms with Gasteiger partial charge in [0.1, 0.15) is 17.3 Å². The van der Waals surface area contributed by atoms with E-state index in [0.29, 0.717) is 22.8 Å². The Hall–Kier alpha value is -3.20. The van der Waals surface area contributed by atoms with Gasteiger partial charge in [-0.25, -0.2) is 0 Å². The van der Waals surface area contributed by atoms with Crippen LogP contribution in [0.25, 0.3) is 0 Å². The van der Waals surface area contributed by atoms with Gasteiger partial charge in [-0.15, -0.1) is 0 Å². The molecule has 0 heterocycles. The summed E-state index contributed by atoms with van der Waals surface area (Å²) in [5.41, 5.74) is 1.65. The van der Waals surface area contributed by atoms with Crippen LogP contribution in [0.3, 0.4) is 0 Å². The number of carbonyl (C=O) groups is 3. The van der Waals surface area contributed by atoms with E-state index in [9.17, 15) is 18.6 Å². The number of methoxy groups -OCH3 is 1. The first-order chi connectivity index (χ1) is 13.4. The van der Waals surface area contributed by atoms with Crippen LogP contribution in [0.5, 0.6) is 5.75 Å². The van der Waals surface area contributed by atoms with Gasteiger partial charge >= 0.3 is 0 Å². The Morgan fingerprint density at radius 1 is 0.786 bits per heavy atom. The molecule has 28 heavy (non-hydrogen) atoms. The van der Waals surface area contributed by atoms with Crippen LogP contribution in [0, 0.1) is 0 Å². The van der Waals surface area contributed by atoms with Gasteiger partial charge in [-0.1, -0.05) is 0 Å². The third-order valence-electron chi connectivity index (χ3n) is 3.45. The third-order valence-corrected chi connectivity index (χ3v) is 4.62. The second-order valence-corrected chi connectivity index (χ2v) is 7.27. The van der Waals surface area contributed by atoms with Crippen molar-refractivity contribution in [2.45, 2.75) is 6.92 Å². The van der Waals surface area contributed by atoms with Crippen molar-refractivity contribution in [3.8, 4) is 5.75 Å².